The second kappa shape index (κ2) is 5.02. The van der Waals surface area contributed by atoms with Crippen LogP contribution in [-0.2, 0) is 7.05 Å². The van der Waals surface area contributed by atoms with Gasteiger partial charge in [0.25, 0.3) is 5.69 Å². The normalized spacial score (nSPS) is 10.4. The number of tetrazole rings is 1. The molecule has 98 valence electrons. The van der Waals surface area contributed by atoms with E-state index in [2.05, 4.69) is 15.5 Å². The van der Waals surface area contributed by atoms with E-state index in [1.807, 2.05) is 0 Å². The molecule has 1 aromatic heterocycles. The SMILES string of the molecule is Cn1nnnc1Sc1ccc([N+](=O)[O-])cc1C(=O)[O-]. The summed E-state index contributed by atoms with van der Waals surface area (Å²) in [6.45, 7) is 0. The molecule has 0 spiro atoms. The molecular formula is C9H6N5O4S-. The summed E-state index contributed by atoms with van der Waals surface area (Å²) in [4.78, 5) is 21.2. The summed E-state index contributed by atoms with van der Waals surface area (Å²) in [5.74, 6) is -1.50. The van der Waals surface area contributed by atoms with Gasteiger partial charge in [0, 0.05) is 29.6 Å². The summed E-state index contributed by atoms with van der Waals surface area (Å²) in [5.41, 5.74) is -0.596. The molecule has 0 aliphatic rings. The van der Waals surface area contributed by atoms with Gasteiger partial charge < -0.3 is 9.90 Å². The van der Waals surface area contributed by atoms with Gasteiger partial charge in [-0.3, -0.25) is 10.1 Å². The molecular weight excluding hydrogens is 274 g/mol. The fraction of sp³-hybridized carbons (Fsp3) is 0.111. The number of aromatic nitrogens is 4. The van der Waals surface area contributed by atoms with Crippen LogP contribution in [-0.4, -0.2) is 31.1 Å². The first-order chi connectivity index (χ1) is 8.99. The lowest BCUT2D eigenvalue weighted by molar-refractivity contribution is -0.385. The maximum absolute atomic E-state index is 11.0. The van der Waals surface area contributed by atoms with Crippen molar-refractivity contribution in [3.63, 3.8) is 0 Å². The van der Waals surface area contributed by atoms with Gasteiger partial charge in [0.15, 0.2) is 0 Å². The van der Waals surface area contributed by atoms with E-state index < -0.39 is 10.9 Å². The van der Waals surface area contributed by atoms with Crippen molar-refractivity contribution in [3.8, 4) is 0 Å². The van der Waals surface area contributed by atoms with Crippen LogP contribution in [0.2, 0.25) is 0 Å². The van der Waals surface area contributed by atoms with Gasteiger partial charge in [-0.15, -0.1) is 5.10 Å². The van der Waals surface area contributed by atoms with E-state index in [1.165, 1.54) is 16.8 Å². The molecule has 0 unspecified atom stereocenters. The van der Waals surface area contributed by atoms with E-state index in [0.29, 0.717) is 5.16 Å². The molecule has 0 bridgehead atoms. The summed E-state index contributed by atoms with van der Waals surface area (Å²) in [6, 6.07) is 3.47. The first-order valence-corrected chi connectivity index (χ1v) is 5.70. The number of carboxylic acids is 1. The Labute approximate surface area is 110 Å². The number of nitrogens with zero attached hydrogens (tertiary/aromatic N) is 5. The van der Waals surface area contributed by atoms with E-state index in [-0.39, 0.29) is 16.1 Å². The van der Waals surface area contributed by atoms with Gasteiger partial charge >= 0.3 is 0 Å². The number of nitro groups is 1. The Morgan fingerprint density at radius 2 is 2.21 bits per heavy atom. The van der Waals surface area contributed by atoms with E-state index in [4.69, 9.17) is 0 Å². The van der Waals surface area contributed by atoms with Gasteiger partial charge in [0.2, 0.25) is 5.16 Å². The molecule has 0 radical (unpaired) electrons. The number of carbonyl (C=O) groups is 1. The van der Waals surface area contributed by atoms with Crippen molar-refractivity contribution in [1.82, 2.24) is 20.2 Å². The highest BCUT2D eigenvalue weighted by Gasteiger charge is 2.14. The predicted octanol–water partition coefficient (Wildman–Crippen LogP) is -0.367. The van der Waals surface area contributed by atoms with Crippen LogP contribution in [0.4, 0.5) is 5.69 Å². The molecule has 0 N–H and O–H groups in total. The molecule has 2 aromatic rings. The summed E-state index contributed by atoms with van der Waals surface area (Å²) in [7, 11) is 1.59. The monoisotopic (exact) mass is 280 g/mol. The van der Waals surface area contributed by atoms with Crippen LogP contribution in [0.25, 0.3) is 0 Å². The first kappa shape index (κ1) is 13.0. The summed E-state index contributed by atoms with van der Waals surface area (Å²) in [6.07, 6.45) is 0. The second-order valence-electron chi connectivity index (χ2n) is 3.41. The van der Waals surface area contributed by atoms with Crippen LogP contribution in [0, 0.1) is 10.1 Å². The molecule has 19 heavy (non-hydrogen) atoms. The molecule has 0 saturated carbocycles. The molecule has 0 fully saturated rings. The van der Waals surface area contributed by atoms with Gasteiger partial charge in [0.05, 0.1) is 10.9 Å². The third-order valence-electron chi connectivity index (χ3n) is 2.18. The average Bonchev–Trinajstić information content (AvgIpc) is 2.75. The number of aromatic carboxylic acids is 1. The fourth-order valence-corrected chi connectivity index (χ4v) is 2.12. The Bertz CT molecular complexity index is 656. The Hall–Kier alpha value is -2.49. The van der Waals surface area contributed by atoms with Crippen molar-refractivity contribution in [3.05, 3.63) is 33.9 Å². The molecule has 1 aromatic carbocycles. The van der Waals surface area contributed by atoms with E-state index in [9.17, 15) is 20.0 Å². The Morgan fingerprint density at radius 3 is 2.74 bits per heavy atom. The molecule has 0 atom stereocenters. The standard InChI is InChI=1S/C9H7N5O4S/c1-13-9(10-11-12-13)19-7-3-2-5(14(17)18)4-6(7)8(15)16/h2-4H,1H3,(H,15,16)/p-1. The molecule has 0 aliphatic heterocycles. The average molecular weight is 280 g/mol. The lowest BCUT2D eigenvalue weighted by Crippen LogP contribution is -2.23. The van der Waals surface area contributed by atoms with Gasteiger partial charge in [-0.1, -0.05) is 0 Å². The maximum Gasteiger partial charge on any atom is 0.270 e. The number of carboxylic acid groups (broad SMARTS) is 1. The van der Waals surface area contributed by atoms with Crippen LogP contribution >= 0.6 is 11.8 Å². The quantitative estimate of drug-likeness (QED) is 0.548. The highest BCUT2D eigenvalue weighted by molar-refractivity contribution is 7.99. The second-order valence-corrected chi connectivity index (χ2v) is 4.42. The van der Waals surface area contributed by atoms with E-state index in [1.54, 1.807) is 7.05 Å². The van der Waals surface area contributed by atoms with Crippen LogP contribution in [0.15, 0.2) is 28.3 Å². The molecule has 9 nitrogen and oxygen atoms in total. The molecule has 10 heteroatoms. The number of hydrogen-bond donors (Lipinski definition) is 0. The largest absolute Gasteiger partial charge is 0.545 e. The number of carbonyl (C=O) groups excluding carboxylic acids is 1. The molecule has 0 amide bonds. The van der Waals surface area contributed by atoms with Gasteiger partial charge in [-0.05, 0) is 28.3 Å². The molecule has 0 saturated heterocycles. The van der Waals surface area contributed by atoms with Gasteiger partial charge in [0.1, 0.15) is 0 Å². The van der Waals surface area contributed by atoms with Crippen LogP contribution in [0.3, 0.4) is 0 Å². The van der Waals surface area contributed by atoms with E-state index in [0.717, 1.165) is 17.8 Å². The van der Waals surface area contributed by atoms with Crippen molar-refractivity contribution in [2.24, 2.45) is 7.05 Å². The molecule has 2 rings (SSSR count). The van der Waals surface area contributed by atoms with Crippen LogP contribution in [0.5, 0.6) is 0 Å². The summed E-state index contributed by atoms with van der Waals surface area (Å²) < 4.78 is 1.35. The zero-order valence-electron chi connectivity index (χ0n) is 9.51. The lowest BCUT2D eigenvalue weighted by atomic mass is 10.2. The first-order valence-electron chi connectivity index (χ1n) is 4.89. The highest BCUT2D eigenvalue weighted by Crippen LogP contribution is 2.30. The topological polar surface area (TPSA) is 127 Å². The van der Waals surface area contributed by atoms with Crippen molar-refractivity contribution in [2.45, 2.75) is 10.1 Å². The minimum absolute atomic E-state index is 0.267. The minimum Gasteiger partial charge on any atom is -0.545 e. The van der Waals surface area contributed by atoms with Crippen LogP contribution in [0.1, 0.15) is 10.4 Å². The number of benzene rings is 1. The Kier molecular flexibility index (Phi) is 3.42. The summed E-state index contributed by atoms with van der Waals surface area (Å²) >= 11 is 0.980. The Balaban J connectivity index is 2.43. The van der Waals surface area contributed by atoms with E-state index >= 15 is 0 Å². The van der Waals surface area contributed by atoms with Crippen LogP contribution < -0.4 is 5.11 Å². The fourth-order valence-electron chi connectivity index (χ4n) is 1.29. The minimum atomic E-state index is -1.50. The van der Waals surface area contributed by atoms with Gasteiger partial charge in [-0.25, -0.2) is 4.68 Å². The third kappa shape index (κ3) is 2.68. The van der Waals surface area contributed by atoms with Crippen molar-refractivity contribution in [2.75, 3.05) is 0 Å². The number of hydrogen-bond acceptors (Lipinski definition) is 8. The number of rotatable bonds is 4. The number of aryl methyl sites for hydroxylation is 1. The highest BCUT2D eigenvalue weighted by atomic mass is 32.2. The van der Waals surface area contributed by atoms with Crippen molar-refractivity contribution < 1.29 is 14.8 Å². The van der Waals surface area contributed by atoms with Crippen molar-refractivity contribution in [1.29, 1.82) is 0 Å². The van der Waals surface area contributed by atoms with Crippen molar-refractivity contribution >= 4 is 23.4 Å². The smallest absolute Gasteiger partial charge is 0.270 e. The molecule has 0 aliphatic carbocycles. The third-order valence-corrected chi connectivity index (χ3v) is 3.28. The number of nitro benzene ring substituents is 1. The van der Waals surface area contributed by atoms with Gasteiger partial charge in [-0.2, -0.15) is 0 Å². The summed E-state index contributed by atoms with van der Waals surface area (Å²) in [5, 5.41) is 32.7. The molecule has 1 heterocycles. The lowest BCUT2D eigenvalue weighted by Gasteiger charge is -2.08. The zero-order chi connectivity index (χ0) is 14.0. The zero-order valence-corrected chi connectivity index (χ0v) is 10.3. The predicted molar refractivity (Wildman–Crippen MR) is 60.3 cm³/mol. The maximum atomic E-state index is 11.0. The Morgan fingerprint density at radius 1 is 1.47 bits per heavy atom. The number of non-ortho nitro benzene ring substituents is 1.